The molecule has 0 saturated heterocycles. The molecule has 26 heavy (non-hydrogen) atoms. The Balaban J connectivity index is 1.76. The van der Waals surface area contributed by atoms with Gasteiger partial charge in [0.2, 0.25) is 0 Å². The highest BCUT2D eigenvalue weighted by molar-refractivity contribution is 5.65. The molecule has 1 N–H and O–H groups in total. The minimum Gasteiger partial charge on any atom is -0.497 e. The van der Waals surface area contributed by atoms with Gasteiger partial charge in [-0.25, -0.2) is 9.97 Å². The average Bonchev–Trinajstić information content (AvgIpc) is 2.72. The Bertz CT molecular complexity index is 853. The molecule has 5 heteroatoms. The van der Waals surface area contributed by atoms with Crippen LogP contribution in [0.4, 0.5) is 0 Å². The lowest BCUT2D eigenvalue weighted by atomic mass is 10.1. The van der Waals surface area contributed by atoms with E-state index < -0.39 is 0 Å². The summed E-state index contributed by atoms with van der Waals surface area (Å²) >= 11 is 0. The van der Waals surface area contributed by atoms with E-state index in [4.69, 9.17) is 9.47 Å². The Morgan fingerprint density at radius 1 is 0.962 bits per heavy atom. The average molecular weight is 349 g/mol. The molecule has 1 aromatic heterocycles. The molecule has 0 aliphatic heterocycles. The molecule has 134 valence electrons. The SMILES string of the molecule is COc1cccc([C@@H](C)NCc2ccc(OC)c(-c3ncccn3)c2)c1. The van der Waals surface area contributed by atoms with Crippen molar-refractivity contribution in [2.45, 2.75) is 19.5 Å². The van der Waals surface area contributed by atoms with E-state index in [1.165, 1.54) is 5.56 Å². The largest absolute Gasteiger partial charge is 0.497 e. The van der Waals surface area contributed by atoms with E-state index in [1.54, 1.807) is 32.7 Å². The zero-order valence-electron chi connectivity index (χ0n) is 15.3. The second-order valence-corrected chi connectivity index (χ2v) is 5.99. The van der Waals surface area contributed by atoms with Gasteiger partial charge in [0.15, 0.2) is 5.82 Å². The smallest absolute Gasteiger partial charge is 0.162 e. The van der Waals surface area contributed by atoms with Crippen molar-refractivity contribution in [3.05, 3.63) is 72.1 Å². The van der Waals surface area contributed by atoms with E-state index in [9.17, 15) is 0 Å². The van der Waals surface area contributed by atoms with Crippen molar-refractivity contribution in [3.8, 4) is 22.9 Å². The number of hydrogen-bond donors (Lipinski definition) is 1. The van der Waals surface area contributed by atoms with Crippen molar-refractivity contribution < 1.29 is 9.47 Å². The van der Waals surface area contributed by atoms with Crippen LogP contribution < -0.4 is 14.8 Å². The Morgan fingerprint density at radius 3 is 2.50 bits per heavy atom. The van der Waals surface area contributed by atoms with Gasteiger partial charge in [0.05, 0.1) is 19.8 Å². The number of nitrogens with zero attached hydrogens (tertiary/aromatic N) is 2. The van der Waals surface area contributed by atoms with Crippen molar-refractivity contribution in [1.29, 1.82) is 0 Å². The summed E-state index contributed by atoms with van der Waals surface area (Å²) in [5.74, 6) is 2.29. The van der Waals surface area contributed by atoms with Crippen LogP contribution in [0, 0.1) is 0 Å². The van der Waals surface area contributed by atoms with Crippen molar-refractivity contribution in [2.24, 2.45) is 0 Å². The summed E-state index contributed by atoms with van der Waals surface area (Å²) in [7, 11) is 3.34. The van der Waals surface area contributed by atoms with Crippen LogP contribution in [0.5, 0.6) is 11.5 Å². The molecule has 0 spiro atoms. The molecule has 0 radical (unpaired) electrons. The van der Waals surface area contributed by atoms with Crippen LogP contribution in [0.15, 0.2) is 60.9 Å². The molecule has 0 amide bonds. The highest BCUT2D eigenvalue weighted by Gasteiger charge is 2.11. The molecule has 0 saturated carbocycles. The summed E-state index contributed by atoms with van der Waals surface area (Å²) in [6.07, 6.45) is 3.47. The molecule has 1 atom stereocenters. The summed E-state index contributed by atoms with van der Waals surface area (Å²) in [6, 6.07) is 16.2. The van der Waals surface area contributed by atoms with Gasteiger partial charge in [-0.05, 0) is 48.4 Å². The van der Waals surface area contributed by atoms with Gasteiger partial charge >= 0.3 is 0 Å². The van der Waals surface area contributed by atoms with E-state index in [-0.39, 0.29) is 6.04 Å². The highest BCUT2D eigenvalue weighted by atomic mass is 16.5. The van der Waals surface area contributed by atoms with E-state index in [1.807, 2.05) is 18.2 Å². The van der Waals surface area contributed by atoms with Gasteiger partial charge in [-0.15, -0.1) is 0 Å². The van der Waals surface area contributed by atoms with Gasteiger partial charge in [0.25, 0.3) is 0 Å². The second kappa shape index (κ2) is 8.45. The molecular weight excluding hydrogens is 326 g/mol. The van der Waals surface area contributed by atoms with Crippen LogP contribution >= 0.6 is 0 Å². The minimum atomic E-state index is 0.198. The quantitative estimate of drug-likeness (QED) is 0.698. The standard InChI is InChI=1S/C21H23N3O2/c1-15(17-6-4-7-18(13-17)25-2)24-14-16-8-9-20(26-3)19(12-16)21-22-10-5-11-23-21/h4-13,15,24H,14H2,1-3H3/t15-/m1/s1. The fraction of sp³-hybridized carbons (Fsp3) is 0.238. The van der Waals surface area contributed by atoms with Crippen molar-refractivity contribution >= 4 is 0 Å². The van der Waals surface area contributed by atoms with Crippen LogP contribution in [0.25, 0.3) is 11.4 Å². The molecule has 0 aliphatic carbocycles. The van der Waals surface area contributed by atoms with Crippen LogP contribution in [0.1, 0.15) is 24.1 Å². The summed E-state index contributed by atoms with van der Waals surface area (Å²) in [4.78, 5) is 8.67. The number of hydrogen-bond acceptors (Lipinski definition) is 5. The third-order valence-corrected chi connectivity index (χ3v) is 4.28. The maximum absolute atomic E-state index is 5.46. The predicted molar refractivity (Wildman–Crippen MR) is 102 cm³/mol. The fourth-order valence-electron chi connectivity index (χ4n) is 2.78. The summed E-state index contributed by atoms with van der Waals surface area (Å²) in [6.45, 7) is 2.86. The number of methoxy groups -OCH3 is 2. The normalized spacial score (nSPS) is 11.8. The molecular formula is C21H23N3O2. The second-order valence-electron chi connectivity index (χ2n) is 5.99. The number of ether oxygens (including phenoxy) is 2. The van der Waals surface area contributed by atoms with Gasteiger partial charge in [-0.1, -0.05) is 18.2 Å². The first-order valence-electron chi connectivity index (χ1n) is 8.53. The molecule has 2 aromatic carbocycles. The van der Waals surface area contributed by atoms with Gasteiger partial charge in [-0.3, -0.25) is 0 Å². The molecule has 3 aromatic rings. The van der Waals surface area contributed by atoms with Crippen LogP contribution in [0.3, 0.4) is 0 Å². The van der Waals surface area contributed by atoms with Gasteiger partial charge in [0.1, 0.15) is 11.5 Å². The number of benzene rings is 2. The fourth-order valence-corrected chi connectivity index (χ4v) is 2.78. The molecule has 3 rings (SSSR count). The van der Waals surface area contributed by atoms with E-state index >= 15 is 0 Å². The van der Waals surface area contributed by atoms with E-state index in [2.05, 4.69) is 46.5 Å². The lowest BCUT2D eigenvalue weighted by Gasteiger charge is -2.16. The van der Waals surface area contributed by atoms with Crippen molar-refractivity contribution in [1.82, 2.24) is 15.3 Å². The first kappa shape index (κ1) is 17.9. The van der Waals surface area contributed by atoms with Gasteiger partial charge in [0, 0.05) is 25.0 Å². The lowest BCUT2D eigenvalue weighted by molar-refractivity contribution is 0.413. The predicted octanol–water partition coefficient (Wildman–Crippen LogP) is 4.01. The van der Waals surface area contributed by atoms with E-state index in [0.29, 0.717) is 5.82 Å². The molecule has 0 aliphatic rings. The van der Waals surface area contributed by atoms with Crippen molar-refractivity contribution in [2.75, 3.05) is 14.2 Å². The minimum absolute atomic E-state index is 0.198. The van der Waals surface area contributed by atoms with Gasteiger partial charge < -0.3 is 14.8 Å². The first-order valence-corrected chi connectivity index (χ1v) is 8.53. The summed E-state index contributed by atoms with van der Waals surface area (Å²) < 4.78 is 10.8. The number of rotatable bonds is 7. The first-order chi connectivity index (χ1) is 12.7. The van der Waals surface area contributed by atoms with Crippen LogP contribution in [-0.4, -0.2) is 24.2 Å². The Kier molecular flexibility index (Phi) is 5.81. The maximum atomic E-state index is 5.46. The molecule has 1 heterocycles. The zero-order chi connectivity index (χ0) is 18.4. The summed E-state index contributed by atoms with van der Waals surface area (Å²) in [5, 5.41) is 3.55. The zero-order valence-corrected chi connectivity index (χ0v) is 15.3. The molecule has 0 bridgehead atoms. The van der Waals surface area contributed by atoms with Gasteiger partial charge in [-0.2, -0.15) is 0 Å². The van der Waals surface area contributed by atoms with Crippen LogP contribution in [0.2, 0.25) is 0 Å². The summed E-state index contributed by atoms with van der Waals surface area (Å²) in [5.41, 5.74) is 3.22. The topological polar surface area (TPSA) is 56.3 Å². The maximum Gasteiger partial charge on any atom is 0.162 e. The molecule has 0 unspecified atom stereocenters. The van der Waals surface area contributed by atoms with Crippen LogP contribution in [-0.2, 0) is 6.54 Å². The Hall–Kier alpha value is -2.92. The molecule has 0 fully saturated rings. The third kappa shape index (κ3) is 4.18. The monoisotopic (exact) mass is 349 g/mol. The number of aromatic nitrogens is 2. The van der Waals surface area contributed by atoms with E-state index in [0.717, 1.165) is 29.2 Å². The Labute approximate surface area is 154 Å². The lowest BCUT2D eigenvalue weighted by Crippen LogP contribution is -2.18. The Morgan fingerprint density at radius 2 is 1.77 bits per heavy atom. The third-order valence-electron chi connectivity index (χ3n) is 4.28. The van der Waals surface area contributed by atoms with Crippen molar-refractivity contribution in [3.63, 3.8) is 0 Å². The molecule has 5 nitrogen and oxygen atoms in total. The number of nitrogens with one attached hydrogen (secondary N) is 1. The highest BCUT2D eigenvalue weighted by Crippen LogP contribution is 2.28.